The number of rotatable bonds is 7. The van der Waals surface area contributed by atoms with Crippen molar-refractivity contribution in [1.82, 2.24) is 30.7 Å². The van der Waals surface area contributed by atoms with Crippen LogP contribution in [0.25, 0.3) is 0 Å². The molecular weight excluding hydrogens is 272 g/mol. The van der Waals surface area contributed by atoms with Gasteiger partial charge in [0.25, 0.3) is 0 Å². The minimum absolute atomic E-state index is 0.0926. The maximum Gasteiger partial charge on any atom is 0.238 e. The van der Waals surface area contributed by atoms with Gasteiger partial charge in [0, 0.05) is 0 Å². The van der Waals surface area contributed by atoms with Gasteiger partial charge in [-0.25, -0.2) is 13.1 Å². The molecule has 0 aliphatic rings. The number of aromatic amines is 1. The van der Waals surface area contributed by atoms with Gasteiger partial charge in [-0.1, -0.05) is 19.1 Å². The van der Waals surface area contributed by atoms with Gasteiger partial charge >= 0.3 is 0 Å². The second-order valence-electron chi connectivity index (χ2n) is 4.62. The molecule has 1 amide bonds. The normalized spacial score (nSPS) is 13.5. The summed E-state index contributed by atoms with van der Waals surface area (Å²) in [4.78, 5) is 11.9. The molecule has 19 heavy (non-hydrogen) atoms. The maximum absolute atomic E-state index is 11.9. The monoisotopic (exact) mass is 290 g/mol. The maximum atomic E-state index is 11.9. The van der Waals surface area contributed by atoms with Crippen molar-refractivity contribution < 1.29 is 13.2 Å². The summed E-state index contributed by atoms with van der Waals surface area (Å²) in [5.41, 5.74) is 0. The number of tetrazole rings is 1. The minimum atomic E-state index is -3.45. The van der Waals surface area contributed by atoms with Gasteiger partial charge in [0.05, 0.1) is 12.8 Å². The highest BCUT2D eigenvalue weighted by molar-refractivity contribution is 7.88. The molecule has 10 heteroatoms. The second kappa shape index (κ2) is 6.57. The summed E-state index contributed by atoms with van der Waals surface area (Å²) in [6, 6.07) is -0.804. The van der Waals surface area contributed by atoms with E-state index in [4.69, 9.17) is 0 Å². The van der Waals surface area contributed by atoms with Crippen molar-refractivity contribution in [2.24, 2.45) is 5.92 Å². The molecule has 1 unspecified atom stereocenters. The highest BCUT2D eigenvalue weighted by atomic mass is 32.2. The lowest BCUT2D eigenvalue weighted by atomic mass is 10.0. The summed E-state index contributed by atoms with van der Waals surface area (Å²) >= 11 is 0. The molecule has 1 aromatic rings. The Balaban J connectivity index is 2.60. The molecule has 0 saturated carbocycles. The zero-order valence-corrected chi connectivity index (χ0v) is 11.9. The van der Waals surface area contributed by atoms with Crippen molar-refractivity contribution in [2.45, 2.75) is 32.9 Å². The molecule has 0 aliphatic heterocycles. The quantitative estimate of drug-likeness (QED) is 0.577. The first kappa shape index (κ1) is 15.5. The fourth-order valence-corrected chi connectivity index (χ4v) is 2.21. The average Bonchev–Trinajstić information content (AvgIpc) is 2.75. The molecule has 1 heterocycles. The zero-order valence-electron chi connectivity index (χ0n) is 11.0. The largest absolute Gasteiger partial charge is 0.347 e. The van der Waals surface area contributed by atoms with Gasteiger partial charge in [0.2, 0.25) is 15.9 Å². The predicted molar refractivity (Wildman–Crippen MR) is 67.2 cm³/mol. The van der Waals surface area contributed by atoms with Gasteiger partial charge in [-0.3, -0.25) is 4.79 Å². The van der Waals surface area contributed by atoms with Crippen LogP contribution in [0.5, 0.6) is 0 Å². The van der Waals surface area contributed by atoms with Crippen LogP contribution in [-0.4, -0.2) is 47.2 Å². The van der Waals surface area contributed by atoms with Crippen LogP contribution in [0.1, 0.15) is 26.1 Å². The van der Waals surface area contributed by atoms with E-state index in [9.17, 15) is 13.2 Å². The summed E-state index contributed by atoms with van der Waals surface area (Å²) in [5, 5.41) is 15.5. The number of nitrogens with one attached hydrogen (secondary N) is 3. The number of hydrogen-bond donors (Lipinski definition) is 3. The number of carbonyl (C=O) groups excluding carboxylic acids is 1. The SMILES string of the molecule is CC(C)CC(NS(C)(=O)=O)C(=O)NCc1nn[nH]n1. The van der Waals surface area contributed by atoms with E-state index < -0.39 is 22.0 Å². The lowest BCUT2D eigenvalue weighted by Gasteiger charge is -2.18. The molecule has 1 rings (SSSR count). The lowest BCUT2D eigenvalue weighted by Crippen LogP contribution is -2.46. The Kier molecular flexibility index (Phi) is 5.36. The number of carbonyl (C=O) groups is 1. The Hall–Kier alpha value is -1.55. The molecule has 108 valence electrons. The Labute approximate surface area is 111 Å². The molecule has 0 fully saturated rings. The fraction of sp³-hybridized carbons (Fsp3) is 0.778. The summed E-state index contributed by atoms with van der Waals surface area (Å²) in [7, 11) is -3.45. The van der Waals surface area contributed by atoms with Crippen molar-refractivity contribution in [2.75, 3.05) is 6.26 Å². The first-order valence-electron chi connectivity index (χ1n) is 5.75. The molecule has 3 N–H and O–H groups in total. The van der Waals surface area contributed by atoms with Crippen LogP contribution in [0.15, 0.2) is 0 Å². The van der Waals surface area contributed by atoms with Crippen LogP contribution in [-0.2, 0) is 21.4 Å². The third-order valence-electron chi connectivity index (χ3n) is 2.19. The number of hydrogen-bond acceptors (Lipinski definition) is 6. The molecule has 0 bridgehead atoms. The highest BCUT2D eigenvalue weighted by Crippen LogP contribution is 2.06. The minimum Gasteiger partial charge on any atom is -0.347 e. The summed E-state index contributed by atoms with van der Waals surface area (Å²) in [6.45, 7) is 3.90. The van der Waals surface area contributed by atoms with Crippen molar-refractivity contribution in [3.63, 3.8) is 0 Å². The summed E-state index contributed by atoms with van der Waals surface area (Å²) < 4.78 is 24.8. The zero-order chi connectivity index (χ0) is 14.5. The molecule has 0 radical (unpaired) electrons. The van der Waals surface area contributed by atoms with Gasteiger partial charge in [-0.15, -0.1) is 10.2 Å². The highest BCUT2D eigenvalue weighted by Gasteiger charge is 2.23. The Morgan fingerprint density at radius 1 is 1.42 bits per heavy atom. The van der Waals surface area contributed by atoms with Crippen LogP contribution in [0.2, 0.25) is 0 Å². The Morgan fingerprint density at radius 2 is 2.11 bits per heavy atom. The summed E-state index contributed by atoms with van der Waals surface area (Å²) in [5.74, 6) is 0.0927. The molecular formula is C9H18N6O3S. The van der Waals surface area contributed by atoms with Crippen molar-refractivity contribution >= 4 is 15.9 Å². The van der Waals surface area contributed by atoms with E-state index in [1.54, 1.807) is 0 Å². The molecule has 9 nitrogen and oxygen atoms in total. The van der Waals surface area contributed by atoms with Gasteiger partial charge in [-0.2, -0.15) is 5.21 Å². The molecule has 0 aromatic carbocycles. The van der Waals surface area contributed by atoms with Gasteiger partial charge in [-0.05, 0) is 12.3 Å². The van der Waals surface area contributed by atoms with Crippen molar-refractivity contribution in [1.29, 1.82) is 0 Å². The van der Waals surface area contributed by atoms with E-state index in [2.05, 4.69) is 30.7 Å². The first-order valence-corrected chi connectivity index (χ1v) is 7.64. The van der Waals surface area contributed by atoms with E-state index in [0.29, 0.717) is 12.2 Å². The van der Waals surface area contributed by atoms with Gasteiger partial charge in [0.1, 0.15) is 6.04 Å². The predicted octanol–water partition coefficient (Wildman–Crippen LogP) is -1.22. The Bertz CT molecular complexity index is 498. The first-order chi connectivity index (χ1) is 8.78. The third-order valence-corrected chi connectivity index (χ3v) is 2.90. The molecule has 1 atom stereocenters. The van der Waals surface area contributed by atoms with Gasteiger partial charge < -0.3 is 5.32 Å². The lowest BCUT2D eigenvalue weighted by molar-refractivity contribution is -0.123. The third kappa shape index (κ3) is 6.25. The molecule has 0 saturated heterocycles. The van der Waals surface area contributed by atoms with E-state index in [1.165, 1.54) is 0 Å². The molecule has 0 aliphatic carbocycles. The van der Waals surface area contributed by atoms with Crippen LogP contribution >= 0.6 is 0 Å². The fourth-order valence-electron chi connectivity index (χ4n) is 1.49. The number of amides is 1. The van der Waals surface area contributed by atoms with Crippen molar-refractivity contribution in [3.8, 4) is 0 Å². The molecule has 1 aromatic heterocycles. The second-order valence-corrected chi connectivity index (χ2v) is 6.40. The number of sulfonamides is 1. The molecule has 0 spiro atoms. The summed E-state index contributed by atoms with van der Waals surface area (Å²) in [6.07, 6.45) is 1.43. The van der Waals surface area contributed by atoms with E-state index in [-0.39, 0.29) is 12.5 Å². The topological polar surface area (TPSA) is 130 Å². The van der Waals surface area contributed by atoms with Crippen LogP contribution < -0.4 is 10.0 Å². The van der Waals surface area contributed by atoms with E-state index in [0.717, 1.165) is 6.26 Å². The number of H-pyrrole nitrogens is 1. The van der Waals surface area contributed by atoms with E-state index in [1.807, 2.05) is 13.8 Å². The standard InChI is InChI=1S/C9H18N6O3S/c1-6(2)4-7(13-19(3,17)18)9(16)10-5-8-11-14-15-12-8/h6-7,13H,4-5H2,1-3H3,(H,10,16)(H,11,12,14,15). The number of aromatic nitrogens is 4. The van der Waals surface area contributed by atoms with Crippen LogP contribution in [0, 0.1) is 5.92 Å². The van der Waals surface area contributed by atoms with Crippen molar-refractivity contribution in [3.05, 3.63) is 5.82 Å². The van der Waals surface area contributed by atoms with Crippen LogP contribution in [0.4, 0.5) is 0 Å². The Morgan fingerprint density at radius 3 is 2.58 bits per heavy atom. The number of nitrogens with zero attached hydrogens (tertiary/aromatic N) is 3. The van der Waals surface area contributed by atoms with E-state index >= 15 is 0 Å². The van der Waals surface area contributed by atoms with Gasteiger partial charge in [0.15, 0.2) is 5.82 Å². The average molecular weight is 290 g/mol. The smallest absolute Gasteiger partial charge is 0.238 e. The van der Waals surface area contributed by atoms with Crippen LogP contribution in [0.3, 0.4) is 0 Å².